The van der Waals surface area contributed by atoms with E-state index in [-0.39, 0.29) is 12.0 Å². The quantitative estimate of drug-likeness (QED) is 0.858. The molecule has 1 saturated heterocycles. The van der Waals surface area contributed by atoms with Crippen molar-refractivity contribution in [1.82, 2.24) is 30.5 Å². The van der Waals surface area contributed by atoms with Crippen molar-refractivity contribution in [3.05, 3.63) is 17.8 Å². The van der Waals surface area contributed by atoms with E-state index in [4.69, 9.17) is 9.15 Å². The van der Waals surface area contributed by atoms with Crippen LogP contribution in [0.3, 0.4) is 0 Å². The summed E-state index contributed by atoms with van der Waals surface area (Å²) in [4.78, 5) is 13.8. The van der Waals surface area contributed by atoms with E-state index < -0.39 is 5.60 Å². The Morgan fingerprint density at radius 3 is 2.80 bits per heavy atom. The summed E-state index contributed by atoms with van der Waals surface area (Å²) < 4.78 is 11.1. The molecule has 3 heterocycles. The molecule has 2 N–H and O–H groups in total. The minimum atomic E-state index is -0.481. The van der Waals surface area contributed by atoms with Crippen LogP contribution in [0.2, 0.25) is 0 Å². The second-order valence-electron chi connectivity index (χ2n) is 7.00. The van der Waals surface area contributed by atoms with Gasteiger partial charge in [-0.3, -0.25) is 0 Å². The summed E-state index contributed by atoms with van der Waals surface area (Å²) in [5, 5.41) is 21.3. The third-order valence-electron chi connectivity index (χ3n) is 3.82. The van der Waals surface area contributed by atoms with Crippen LogP contribution in [0.25, 0.3) is 0 Å². The first-order valence-electron chi connectivity index (χ1n) is 8.30. The molecule has 0 spiro atoms. The molecular weight excluding hydrogens is 326 g/mol. The highest BCUT2D eigenvalue weighted by Crippen LogP contribution is 2.28. The van der Waals surface area contributed by atoms with E-state index in [1.54, 1.807) is 11.1 Å². The number of piperidine rings is 1. The van der Waals surface area contributed by atoms with E-state index in [1.807, 2.05) is 20.8 Å². The Morgan fingerprint density at radius 2 is 2.16 bits per heavy atom. The average Bonchev–Trinajstić information content (AvgIpc) is 3.23. The molecule has 1 aliphatic heterocycles. The highest BCUT2D eigenvalue weighted by Gasteiger charge is 2.29. The molecule has 2 aromatic rings. The van der Waals surface area contributed by atoms with E-state index in [9.17, 15) is 4.79 Å². The average molecular weight is 349 g/mol. The lowest BCUT2D eigenvalue weighted by molar-refractivity contribution is 0.0199. The third-order valence-corrected chi connectivity index (χ3v) is 3.82. The summed E-state index contributed by atoms with van der Waals surface area (Å²) in [7, 11) is 0. The lowest BCUT2D eigenvalue weighted by Crippen LogP contribution is -2.41. The Morgan fingerprint density at radius 1 is 1.40 bits per heavy atom. The number of hydrogen-bond acceptors (Lipinski definition) is 8. The number of carbonyl (C=O) groups is 1. The Labute approximate surface area is 145 Å². The van der Waals surface area contributed by atoms with Gasteiger partial charge in [-0.15, -0.1) is 5.10 Å². The van der Waals surface area contributed by atoms with Gasteiger partial charge in [-0.1, -0.05) is 5.10 Å². The fourth-order valence-electron chi connectivity index (χ4n) is 2.58. The van der Waals surface area contributed by atoms with Crippen molar-refractivity contribution in [2.24, 2.45) is 0 Å². The maximum absolute atomic E-state index is 12.1. The Hall–Kier alpha value is -2.65. The fraction of sp³-hybridized carbons (Fsp3) is 0.667. The predicted octanol–water partition coefficient (Wildman–Crippen LogP) is 1.91. The lowest BCUT2D eigenvalue weighted by Gasteiger charge is -2.32. The van der Waals surface area contributed by atoms with Crippen molar-refractivity contribution >= 4 is 12.1 Å². The second kappa shape index (κ2) is 7.08. The second-order valence-corrected chi connectivity index (χ2v) is 7.00. The summed E-state index contributed by atoms with van der Waals surface area (Å²) in [5.74, 6) is 0.736. The Kier molecular flexibility index (Phi) is 4.86. The van der Waals surface area contributed by atoms with Crippen molar-refractivity contribution < 1.29 is 13.9 Å². The van der Waals surface area contributed by atoms with Crippen LogP contribution in [0, 0.1) is 0 Å². The van der Waals surface area contributed by atoms with E-state index in [2.05, 4.69) is 30.9 Å². The van der Waals surface area contributed by atoms with Crippen LogP contribution in [0.15, 0.2) is 10.6 Å². The van der Waals surface area contributed by atoms with E-state index in [1.165, 1.54) is 0 Å². The van der Waals surface area contributed by atoms with Crippen molar-refractivity contribution in [3.8, 4) is 0 Å². The molecule has 0 bridgehead atoms. The number of nitrogens with zero attached hydrogens (tertiary/aromatic N) is 5. The van der Waals surface area contributed by atoms with Gasteiger partial charge >= 0.3 is 12.1 Å². The standard InChI is InChI=1S/C15H23N7O3/c1-15(2,3)25-14(23)22-6-4-10(5-7-22)12-19-20-13(24-12)16-8-11-9-17-21-18-11/h9-10H,4-8H2,1-3H3,(H,16,20)(H,17,18,21). The molecule has 0 unspecified atom stereocenters. The number of nitrogens with one attached hydrogen (secondary N) is 2. The van der Waals surface area contributed by atoms with Crippen LogP contribution in [0.4, 0.5) is 10.8 Å². The van der Waals surface area contributed by atoms with Gasteiger partial charge in [0.1, 0.15) is 11.3 Å². The molecule has 1 aliphatic rings. The van der Waals surface area contributed by atoms with Crippen molar-refractivity contribution in [2.45, 2.75) is 51.7 Å². The number of amides is 1. The maximum atomic E-state index is 12.1. The number of carbonyl (C=O) groups excluding carboxylic acids is 1. The predicted molar refractivity (Wildman–Crippen MR) is 87.8 cm³/mol. The van der Waals surface area contributed by atoms with Crippen molar-refractivity contribution in [2.75, 3.05) is 18.4 Å². The van der Waals surface area contributed by atoms with E-state index in [0.717, 1.165) is 18.5 Å². The summed E-state index contributed by atoms with van der Waals surface area (Å²) in [6.07, 6.45) is 2.89. The van der Waals surface area contributed by atoms with Gasteiger partial charge in [-0.25, -0.2) is 4.79 Å². The molecule has 0 atom stereocenters. The molecule has 10 nitrogen and oxygen atoms in total. The molecule has 0 radical (unpaired) electrons. The van der Waals surface area contributed by atoms with Gasteiger partial charge in [0.2, 0.25) is 5.89 Å². The van der Waals surface area contributed by atoms with Crippen molar-refractivity contribution in [3.63, 3.8) is 0 Å². The molecule has 3 rings (SSSR count). The summed E-state index contributed by atoms with van der Waals surface area (Å²) in [6, 6.07) is 0.354. The molecule has 25 heavy (non-hydrogen) atoms. The summed E-state index contributed by atoms with van der Waals surface area (Å²) >= 11 is 0. The third kappa shape index (κ3) is 4.68. The number of ether oxygens (including phenoxy) is 1. The number of H-pyrrole nitrogens is 1. The van der Waals surface area contributed by atoms with Gasteiger partial charge in [-0.05, 0) is 33.6 Å². The first kappa shape index (κ1) is 17.2. The normalized spacial score (nSPS) is 16.0. The molecule has 0 aliphatic carbocycles. The maximum Gasteiger partial charge on any atom is 0.410 e. The van der Waals surface area contributed by atoms with Crippen LogP contribution in [0.5, 0.6) is 0 Å². The number of aromatic nitrogens is 5. The highest BCUT2D eigenvalue weighted by atomic mass is 16.6. The zero-order valence-corrected chi connectivity index (χ0v) is 14.7. The van der Waals surface area contributed by atoms with Crippen LogP contribution >= 0.6 is 0 Å². The molecule has 10 heteroatoms. The van der Waals surface area contributed by atoms with Crippen molar-refractivity contribution in [1.29, 1.82) is 0 Å². The number of aromatic amines is 1. The topological polar surface area (TPSA) is 122 Å². The lowest BCUT2D eigenvalue weighted by atomic mass is 9.97. The Balaban J connectivity index is 1.49. The molecule has 1 amide bonds. The first-order valence-corrected chi connectivity index (χ1v) is 8.30. The number of hydrogen-bond donors (Lipinski definition) is 2. The minimum absolute atomic E-state index is 0.147. The van der Waals surface area contributed by atoms with E-state index in [0.29, 0.717) is 31.5 Å². The number of rotatable bonds is 4. The zero-order chi connectivity index (χ0) is 17.9. The van der Waals surface area contributed by atoms with Crippen LogP contribution < -0.4 is 5.32 Å². The van der Waals surface area contributed by atoms with Gasteiger partial charge in [0, 0.05) is 19.0 Å². The largest absolute Gasteiger partial charge is 0.444 e. The van der Waals surface area contributed by atoms with Gasteiger partial charge < -0.3 is 19.4 Å². The van der Waals surface area contributed by atoms with Gasteiger partial charge in [0.05, 0.1) is 12.7 Å². The monoisotopic (exact) mass is 349 g/mol. The molecule has 0 aromatic carbocycles. The van der Waals surface area contributed by atoms with Crippen LogP contribution in [-0.2, 0) is 11.3 Å². The Bertz CT molecular complexity index is 684. The van der Waals surface area contributed by atoms with E-state index >= 15 is 0 Å². The molecule has 0 saturated carbocycles. The first-order chi connectivity index (χ1) is 11.9. The highest BCUT2D eigenvalue weighted by molar-refractivity contribution is 5.68. The zero-order valence-electron chi connectivity index (χ0n) is 14.7. The van der Waals surface area contributed by atoms with Gasteiger partial charge in [0.25, 0.3) is 0 Å². The van der Waals surface area contributed by atoms with Crippen LogP contribution in [-0.4, -0.2) is 55.3 Å². The molecule has 136 valence electrons. The van der Waals surface area contributed by atoms with Gasteiger partial charge in [-0.2, -0.15) is 15.4 Å². The molecule has 1 fully saturated rings. The summed E-state index contributed by atoms with van der Waals surface area (Å²) in [6.45, 7) is 7.28. The van der Waals surface area contributed by atoms with Crippen LogP contribution in [0.1, 0.15) is 51.1 Å². The minimum Gasteiger partial charge on any atom is -0.444 e. The fourth-order valence-corrected chi connectivity index (χ4v) is 2.58. The summed E-state index contributed by atoms with van der Waals surface area (Å²) in [5.41, 5.74) is 0.274. The molecule has 2 aromatic heterocycles. The number of anilines is 1. The SMILES string of the molecule is CC(C)(C)OC(=O)N1CCC(c2nnc(NCc3cn[nH]n3)o2)CC1. The molecular formula is C15H23N7O3. The van der Waals surface area contributed by atoms with Gasteiger partial charge in [0.15, 0.2) is 0 Å². The smallest absolute Gasteiger partial charge is 0.410 e. The number of likely N-dealkylation sites (tertiary alicyclic amines) is 1.